The van der Waals surface area contributed by atoms with Crippen molar-refractivity contribution in [3.05, 3.63) is 59.7 Å². The number of nitrogens with one attached hydrogen (secondary N) is 1. The highest BCUT2D eigenvalue weighted by Crippen LogP contribution is 2.15. The van der Waals surface area contributed by atoms with Gasteiger partial charge in [0, 0.05) is 18.4 Å². The molecule has 2 aromatic rings. The Hall–Kier alpha value is -2.53. The minimum absolute atomic E-state index is 0.362. The lowest BCUT2D eigenvalue weighted by molar-refractivity contribution is 0.185. The molecule has 0 radical (unpaired) electrons. The van der Waals surface area contributed by atoms with Crippen LogP contribution in [-0.2, 0) is 11.3 Å². The highest BCUT2D eigenvalue weighted by Gasteiger charge is 2.02. The van der Waals surface area contributed by atoms with Crippen molar-refractivity contribution >= 4 is 11.6 Å². The van der Waals surface area contributed by atoms with Crippen LogP contribution in [-0.4, -0.2) is 26.2 Å². The number of benzene rings is 2. The lowest BCUT2D eigenvalue weighted by atomic mass is 10.2. The summed E-state index contributed by atoms with van der Waals surface area (Å²) < 4.78 is 10.8. The van der Waals surface area contributed by atoms with Crippen LogP contribution in [0.2, 0.25) is 0 Å². The number of para-hydroxylation sites is 1. The van der Waals surface area contributed by atoms with E-state index in [9.17, 15) is 0 Å². The van der Waals surface area contributed by atoms with Gasteiger partial charge in [0.2, 0.25) is 0 Å². The normalized spacial score (nSPS) is 11.3. The molecule has 2 aromatic carbocycles. The first kappa shape index (κ1) is 16.8. The Morgan fingerprint density at radius 2 is 2.00 bits per heavy atom. The average Bonchev–Trinajstić information content (AvgIpc) is 2.54. The molecule has 23 heavy (non-hydrogen) atoms. The van der Waals surface area contributed by atoms with Crippen molar-refractivity contribution in [3.63, 3.8) is 0 Å². The molecule has 0 unspecified atom stereocenters. The van der Waals surface area contributed by atoms with Gasteiger partial charge in [0.25, 0.3) is 0 Å². The van der Waals surface area contributed by atoms with E-state index in [1.807, 2.05) is 55.5 Å². The van der Waals surface area contributed by atoms with Crippen molar-refractivity contribution in [3.8, 4) is 5.75 Å². The second-order valence-corrected chi connectivity index (χ2v) is 5.15. The summed E-state index contributed by atoms with van der Waals surface area (Å²) in [5, 5.41) is 3.10. The van der Waals surface area contributed by atoms with Crippen molar-refractivity contribution in [2.45, 2.75) is 13.5 Å². The van der Waals surface area contributed by atoms with E-state index in [2.05, 4.69) is 10.3 Å². The maximum absolute atomic E-state index is 5.92. The van der Waals surface area contributed by atoms with Crippen LogP contribution in [0.4, 0.5) is 5.69 Å². The number of guanidine groups is 1. The number of hydrogen-bond acceptors (Lipinski definition) is 3. The summed E-state index contributed by atoms with van der Waals surface area (Å²) in [5.41, 5.74) is 9.02. The van der Waals surface area contributed by atoms with E-state index in [4.69, 9.17) is 15.2 Å². The van der Waals surface area contributed by atoms with E-state index in [1.54, 1.807) is 7.11 Å². The highest BCUT2D eigenvalue weighted by molar-refractivity contribution is 5.92. The SMILES string of the molecule is COCc1ccccc1NC(N)=NCCOc1cccc(C)c1. The van der Waals surface area contributed by atoms with E-state index < -0.39 is 0 Å². The van der Waals surface area contributed by atoms with Gasteiger partial charge >= 0.3 is 0 Å². The van der Waals surface area contributed by atoms with Gasteiger partial charge in [-0.15, -0.1) is 0 Å². The fraction of sp³-hybridized carbons (Fsp3) is 0.278. The Labute approximate surface area is 137 Å². The summed E-state index contributed by atoms with van der Waals surface area (Å²) in [6.07, 6.45) is 0. The van der Waals surface area contributed by atoms with E-state index in [0.29, 0.717) is 25.7 Å². The Kier molecular flexibility index (Phi) is 6.44. The molecule has 0 fully saturated rings. The number of anilines is 1. The molecule has 0 bridgehead atoms. The molecule has 3 N–H and O–H groups in total. The van der Waals surface area contributed by atoms with Crippen LogP contribution in [0, 0.1) is 6.92 Å². The molecule has 0 amide bonds. The van der Waals surface area contributed by atoms with Gasteiger partial charge in [-0.1, -0.05) is 30.3 Å². The van der Waals surface area contributed by atoms with Crippen molar-refractivity contribution < 1.29 is 9.47 Å². The number of ether oxygens (including phenoxy) is 2. The first-order valence-electron chi connectivity index (χ1n) is 7.52. The molecule has 2 rings (SSSR count). The third-order valence-corrected chi connectivity index (χ3v) is 3.21. The highest BCUT2D eigenvalue weighted by atomic mass is 16.5. The van der Waals surface area contributed by atoms with Crippen LogP contribution in [0.3, 0.4) is 0 Å². The number of methoxy groups -OCH3 is 1. The first-order chi connectivity index (χ1) is 11.2. The lowest BCUT2D eigenvalue weighted by Gasteiger charge is -2.11. The minimum Gasteiger partial charge on any atom is -0.492 e. The molecule has 0 aromatic heterocycles. The van der Waals surface area contributed by atoms with Crippen LogP contribution in [0.5, 0.6) is 5.75 Å². The number of nitrogens with zero attached hydrogens (tertiary/aromatic N) is 1. The molecule has 0 atom stereocenters. The molecular formula is C18H23N3O2. The van der Waals surface area contributed by atoms with Gasteiger partial charge in [-0.3, -0.25) is 0 Å². The molecule has 122 valence electrons. The van der Waals surface area contributed by atoms with Gasteiger partial charge in [-0.25, -0.2) is 4.99 Å². The summed E-state index contributed by atoms with van der Waals surface area (Å²) in [5.74, 6) is 1.21. The Morgan fingerprint density at radius 1 is 1.17 bits per heavy atom. The predicted octanol–water partition coefficient (Wildman–Crippen LogP) is 2.95. The molecule has 0 aliphatic heterocycles. The van der Waals surface area contributed by atoms with Crippen LogP contribution < -0.4 is 15.8 Å². The van der Waals surface area contributed by atoms with Gasteiger partial charge in [-0.05, 0) is 30.7 Å². The summed E-state index contributed by atoms with van der Waals surface area (Å²) in [6.45, 7) is 3.52. The third-order valence-electron chi connectivity index (χ3n) is 3.21. The van der Waals surface area contributed by atoms with Crippen molar-refractivity contribution in [1.29, 1.82) is 0 Å². The van der Waals surface area contributed by atoms with E-state index >= 15 is 0 Å². The zero-order valence-electron chi connectivity index (χ0n) is 13.6. The van der Waals surface area contributed by atoms with E-state index in [0.717, 1.165) is 17.0 Å². The van der Waals surface area contributed by atoms with Crippen LogP contribution in [0.1, 0.15) is 11.1 Å². The van der Waals surface area contributed by atoms with Crippen LogP contribution in [0.15, 0.2) is 53.5 Å². The quantitative estimate of drug-likeness (QED) is 0.468. The molecule has 0 saturated heterocycles. The summed E-state index contributed by atoms with van der Waals surface area (Å²) >= 11 is 0. The topological polar surface area (TPSA) is 68.9 Å². The summed E-state index contributed by atoms with van der Waals surface area (Å²) in [7, 11) is 1.66. The largest absolute Gasteiger partial charge is 0.492 e. The van der Waals surface area contributed by atoms with Gasteiger partial charge in [0.15, 0.2) is 5.96 Å². The number of aliphatic imine (C=N–C) groups is 1. The Balaban J connectivity index is 1.84. The second kappa shape index (κ2) is 8.80. The van der Waals surface area contributed by atoms with Crippen molar-refractivity contribution in [1.82, 2.24) is 0 Å². The monoisotopic (exact) mass is 313 g/mol. The molecular weight excluding hydrogens is 290 g/mol. The summed E-state index contributed by atoms with van der Waals surface area (Å²) in [4.78, 5) is 4.28. The van der Waals surface area contributed by atoms with E-state index in [-0.39, 0.29) is 0 Å². The van der Waals surface area contributed by atoms with Gasteiger partial charge in [0.05, 0.1) is 13.2 Å². The summed E-state index contributed by atoms with van der Waals surface area (Å²) in [6, 6.07) is 15.8. The van der Waals surface area contributed by atoms with Crippen molar-refractivity contribution in [2.75, 3.05) is 25.6 Å². The zero-order valence-corrected chi connectivity index (χ0v) is 13.6. The minimum atomic E-state index is 0.362. The Morgan fingerprint density at radius 3 is 2.78 bits per heavy atom. The molecule has 5 heteroatoms. The molecule has 0 heterocycles. The van der Waals surface area contributed by atoms with Gasteiger partial charge in [-0.2, -0.15) is 0 Å². The molecule has 0 saturated carbocycles. The molecule has 0 aliphatic carbocycles. The molecule has 0 spiro atoms. The first-order valence-corrected chi connectivity index (χ1v) is 7.52. The van der Waals surface area contributed by atoms with Gasteiger partial charge in [0.1, 0.15) is 12.4 Å². The molecule has 0 aliphatic rings. The maximum atomic E-state index is 5.92. The fourth-order valence-corrected chi connectivity index (χ4v) is 2.14. The van der Waals surface area contributed by atoms with Crippen LogP contribution in [0.25, 0.3) is 0 Å². The van der Waals surface area contributed by atoms with E-state index in [1.165, 1.54) is 5.56 Å². The number of hydrogen-bond donors (Lipinski definition) is 2. The maximum Gasteiger partial charge on any atom is 0.193 e. The number of nitrogens with two attached hydrogens (primary N) is 1. The molecule has 5 nitrogen and oxygen atoms in total. The van der Waals surface area contributed by atoms with Crippen LogP contribution >= 0.6 is 0 Å². The lowest BCUT2D eigenvalue weighted by Crippen LogP contribution is -2.24. The second-order valence-electron chi connectivity index (χ2n) is 5.15. The standard InChI is InChI=1S/C18H23N3O2/c1-14-6-5-8-16(12-14)23-11-10-20-18(19)21-17-9-4-3-7-15(17)13-22-2/h3-9,12H,10-11,13H2,1-2H3,(H3,19,20,21). The zero-order chi connectivity index (χ0) is 16.5. The van der Waals surface area contributed by atoms with Crippen molar-refractivity contribution in [2.24, 2.45) is 10.7 Å². The number of aryl methyl sites for hydroxylation is 1. The smallest absolute Gasteiger partial charge is 0.193 e. The average molecular weight is 313 g/mol. The Bertz CT molecular complexity index is 656. The van der Waals surface area contributed by atoms with Gasteiger partial charge < -0.3 is 20.5 Å². The number of rotatable bonds is 7. The predicted molar refractivity (Wildman–Crippen MR) is 93.9 cm³/mol. The third kappa shape index (κ3) is 5.64. The fourth-order valence-electron chi connectivity index (χ4n) is 2.14.